The fourth-order valence-corrected chi connectivity index (χ4v) is 3.77. The summed E-state index contributed by atoms with van der Waals surface area (Å²) in [5, 5.41) is -0.409. The van der Waals surface area contributed by atoms with Gasteiger partial charge in [-0.15, -0.1) is 0 Å². The van der Waals surface area contributed by atoms with Gasteiger partial charge in [0.1, 0.15) is 18.9 Å². The van der Waals surface area contributed by atoms with Crippen LogP contribution in [0.25, 0.3) is 0 Å². The highest BCUT2D eigenvalue weighted by atomic mass is 35.5. The molecule has 0 fully saturated rings. The van der Waals surface area contributed by atoms with Crippen LogP contribution < -0.4 is 9.04 Å². The van der Waals surface area contributed by atoms with Crippen molar-refractivity contribution < 1.29 is 17.9 Å². The van der Waals surface area contributed by atoms with Crippen molar-refractivity contribution >= 4 is 44.2 Å². The third-order valence-electron chi connectivity index (χ3n) is 3.14. The van der Waals surface area contributed by atoms with Gasteiger partial charge in [-0.2, -0.15) is 0 Å². The zero-order valence-corrected chi connectivity index (χ0v) is 15.4. The van der Waals surface area contributed by atoms with Crippen LogP contribution in [0.3, 0.4) is 0 Å². The van der Waals surface area contributed by atoms with Crippen LogP contribution in [-0.4, -0.2) is 26.8 Å². The maximum atomic E-state index is 12.9. The lowest BCUT2D eigenvalue weighted by atomic mass is 10.3. The highest BCUT2D eigenvalue weighted by Gasteiger charge is 2.27. The molecule has 0 aliphatic carbocycles. The monoisotopic (exact) mass is 399 g/mol. The summed E-state index contributed by atoms with van der Waals surface area (Å²) >= 11 is 11.3. The zero-order chi connectivity index (χ0) is 18.4. The molecule has 2 aromatic carbocycles. The fraction of sp³-hybridized carbons (Fsp3) is 0.118. The number of nitrogens with zero attached hydrogens (tertiary/aromatic N) is 1. The lowest BCUT2D eigenvalue weighted by Gasteiger charge is -2.23. The maximum absolute atomic E-state index is 12.9. The summed E-state index contributed by atoms with van der Waals surface area (Å²) in [6, 6.07) is 12.0. The molecule has 5 nitrogen and oxygen atoms in total. The Morgan fingerprint density at radius 2 is 1.88 bits per heavy atom. The molecule has 0 unspecified atom stereocenters. The van der Waals surface area contributed by atoms with E-state index in [0.29, 0.717) is 10.8 Å². The lowest BCUT2D eigenvalue weighted by Crippen LogP contribution is -2.34. The number of ether oxygens (including phenoxy) is 1. The minimum Gasteiger partial charge on any atom is -0.489 e. The van der Waals surface area contributed by atoms with Gasteiger partial charge in [0.2, 0.25) is 5.24 Å². The Bertz CT molecular complexity index is 866. The van der Waals surface area contributed by atoms with E-state index in [0.717, 1.165) is 4.31 Å². The fourth-order valence-electron chi connectivity index (χ4n) is 2.05. The normalized spacial score (nSPS) is 11.0. The third-order valence-corrected chi connectivity index (χ3v) is 5.30. The van der Waals surface area contributed by atoms with Crippen molar-refractivity contribution in [2.75, 3.05) is 17.5 Å². The molecule has 0 aliphatic heterocycles. The van der Waals surface area contributed by atoms with E-state index in [2.05, 4.69) is 6.58 Å². The molecule has 8 heteroatoms. The van der Waals surface area contributed by atoms with Crippen molar-refractivity contribution in [3.63, 3.8) is 0 Å². The van der Waals surface area contributed by atoms with Crippen LogP contribution in [0.5, 0.6) is 5.75 Å². The number of hydrogen-bond donors (Lipinski definition) is 0. The second-order valence-electron chi connectivity index (χ2n) is 4.92. The van der Waals surface area contributed by atoms with E-state index in [9.17, 15) is 13.2 Å². The highest BCUT2D eigenvalue weighted by Crippen LogP contribution is 2.28. The van der Waals surface area contributed by atoms with Crippen molar-refractivity contribution in [3.8, 4) is 5.75 Å². The van der Waals surface area contributed by atoms with Gasteiger partial charge in [-0.25, -0.2) is 8.42 Å². The van der Waals surface area contributed by atoms with Crippen molar-refractivity contribution in [3.05, 3.63) is 66.2 Å². The van der Waals surface area contributed by atoms with Crippen molar-refractivity contribution in [2.45, 2.75) is 4.90 Å². The molecule has 0 radical (unpaired) electrons. The number of halogens is 2. The van der Waals surface area contributed by atoms with Gasteiger partial charge in [0.25, 0.3) is 10.0 Å². The number of carbonyl (C=O) groups excluding carboxylic acids is 1. The molecule has 0 saturated carbocycles. The molecule has 0 aromatic heterocycles. The van der Waals surface area contributed by atoms with E-state index in [1.165, 1.54) is 30.3 Å². The number of benzene rings is 2. The third kappa shape index (κ3) is 4.98. The molecule has 0 bridgehead atoms. The highest BCUT2D eigenvalue weighted by molar-refractivity contribution is 7.92. The Hall–Kier alpha value is -2.02. The van der Waals surface area contributed by atoms with E-state index in [1.54, 1.807) is 24.3 Å². The molecule has 0 spiro atoms. The second-order valence-corrected chi connectivity index (χ2v) is 7.64. The Morgan fingerprint density at radius 1 is 1.20 bits per heavy atom. The summed E-state index contributed by atoms with van der Waals surface area (Å²) in [7, 11) is -4.01. The molecule has 0 atom stereocenters. The van der Waals surface area contributed by atoms with E-state index in [4.69, 9.17) is 27.9 Å². The molecule has 0 N–H and O–H groups in total. The first-order chi connectivity index (χ1) is 11.8. The molecule has 25 heavy (non-hydrogen) atoms. The second kappa shape index (κ2) is 8.38. The first-order valence-corrected chi connectivity index (χ1v) is 9.34. The van der Waals surface area contributed by atoms with Crippen LogP contribution in [0, 0.1) is 0 Å². The standard InChI is InChI=1S/C17H15Cl2NO4S/c1-2-10-24-15-5-3-4-14(11-15)20(12-17(19)21)25(22,23)16-8-6-13(18)7-9-16/h2-9,11H,1,10,12H2. The summed E-state index contributed by atoms with van der Waals surface area (Å²) in [4.78, 5) is 11.4. The lowest BCUT2D eigenvalue weighted by molar-refractivity contribution is -0.110. The average Bonchev–Trinajstić information content (AvgIpc) is 2.58. The predicted octanol–water partition coefficient (Wildman–Crippen LogP) is 3.87. The molecule has 0 aliphatic rings. The van der Waals surface area contributed by atoms with Gasteiger partial charge in [0.05, 0.1) is 10.6 Å². The topological polar surface area (TPSA) is 63.7 Å². The van der Waals surface area contributed by atoms with E-state index in [-0.39, 0.29) is 17.2 Å². The Kier molecular flexibility index (Phi) is 6.47. The molecular formula is C17H15Cl2NO4S. The van der Waals surface area contributed by atoms with Crippen LogP contribution in [0.4, 0.5) is 5.69 Å². The molecule has 0 saturated heterocycles. The molecular weight excluding hydrogens is 385 g/mol. The summed E-state index contributed by atoms with van der Waals surface area (Å²) in [5.41, 5.74) is 0.255. The molecule has 2 aromatic rings. The van der Waals surface area contributed by atoms with E-state index in [1.807, 2.05) is 0 Å². The molecule has 132 valence electrons. The summed E-state index contributed by atoms with van der Waals surface area (Å²) in [6.45, 7) is 3.30. The van der Waals surface area contributed by atoms with Crippen LogP contribution in [0.2, 0.25) is 5.02 Å². The minimum atomic E-state index is -4.01. The van der Waals surface area contributed by atoms with Gasteiger partial charge in [-0.1, -0.05) is 30.3 Å². The van der Waals surface area contributed by atoms with Gasteiger partial charge >= 0.3 is 0 Å². The van der Waals surface area contributed by atoms with Crippen molar-refractivity contribution in [1.82, 2.24) is 0 Å². The van der Waals surface area contributed by atoms with E-state index < -0.39 is 21.8 Å². The maximum Gasteiger partial charge on any atom is 0.264 e. The average molecular weight is 400 g/mol. The quantitative estimate of drug-likeness (QED) is 0.499. The summed E-state index contributed by atoms with van der Waals surface area (Å²) in [5.74, 6) is 0.440. The first kappa shape index (κ1) is 19.3. The number of hydrogen-bond acceptors (Lipinski definition) is 4. The van der Waals surface area contributed by atoms with Crippen LogP contribution in [-0.2, 0) is 14.8 Å². The van der Waals surface area contributed by atoms with Crippen molar-refractivity contribution in [1.29, 1.82) is 0 Å². The van der Waals surface area contributed by atoms with Gasteiger partial charge in [0.15, 0.2) is 0 Å². The van der Waals surface area contributed by atoms with Gasteiger partial charge in [-0.05, 0) is 48.0 Å². The largest absolute Gasteiger partial charge is 0.489 e. The Labute approximate surface area is 156 Å². The summed E-state index contributed by atoms with van der Waals surface area (Å²) in [6.07, 6.45) is 1.57. The predicted molar refractivity (Wildman–Crippen MR) is 99.0 cm³/mol. The van der Waals surface area contributed by atoms with Crippen LogP contribution in [0.1, 0.15) is 0 Å². The minimum absolute atomic E-state index is 0.00719. The molecule has 2 rings (SSSR count). The first-order valence-electron chi connectivity index (χ1n) is 7.15. The summed E-state index contributed by atoms with van der Waals surface area (Å²) < 4.78 is 32.2. The van der Waals surface area contributed by atoms with E-state index >= 15 is 0 Å². The van der Waals surface area contributed by atoms with Gasteiger partial charge < -0.3 is 4.74 Å². The Balaban J connectivity index is 2.47. The smallest absolute Gasteiger partial charge is 0.264 e. The zero-order valence-electron chi connectivity index (χ0n) is 13.1. The molecule has 0 amide bonds. The number of carbonyl (C=O) groups is 1. The number of rotatable bonds is 8. The van der Waals surface area contributed by atoms with Crippen LogP contribution in [0.15, 0.2) is 66.1 Å². The number of sulfonamides is 1. The van der Waals surface area contributed by atoms with Crippen molar-refractivity contribution in [2.24, 2.45) is 0 Å². The Morgan fingerprint density at radius 3 is 2.48 bits per heavy atom. The number of anilines is 1. The SMILES string of the molecule is C=CCOc1cccc(N(CC(=O)Cl)S(=O)(=O)c2ccc(Cl)cc2)c1. The molecule has 0 heterocycles. The van der Waals surface area contributed by atoms with Crippen LogP contribution >= 0.6 is 23.2 Å². The van der Waals surface area contributed by atoms with Gasteiger partial charge in [-0.3, -0.25) is 9.10 Å². The van der Waals surface area contributed by atoms with Gasteiger partial charge in [0, 0.05) is 11.1 Å².